The van der Waals surface area contributed by atoms with E-state index in [4.69, 9.17) is 5.11 Å². The quantitative estimate of drug-likeness (QED) is 0.468. The van der Waals surface area contributed by atoms with Gasteiger partial charge in [0.25, 0.3) is 0 Å². The first-order valence-corrected chi connectivity index (χ1v) is 10.9. The zero-order valence-electron chi connectivity index (χ0n) is 12.7. The van der Waals surface area contributed by atoms with Gasteiger partial charge in [-0.2, -0.15) is 0 Å². The Bertz CT molecular complexity index is 231. The lowest BCUT2D eigenvalue weighted by molar-refractivity contribution is 0.200. The molecule has 0 heterocycles. The van der Waals surface area contributed by atoms with E-state index in [1.165, 1.54) is 32.1 Å². The van der Waals surface area contributed by atoms with Crippen molar-refractivity contribution in [1.82, 2.24) is 0 Å². The number of aliphatic hydroxyl groups is 2. The topological polar surface area (TPSA) is 40.5 Å². The summed E-state index contributed by atoms with van der Waals surface area (Å²) in [6.45, 7) is 8.94. The van der Waals surface area contributed by atoms with Crippen molar-refractivity contribution in [3.05, 3.63) is 11.3 Å². The summed E-state index contributed by atoms with van der Waals surface area (Å²) >= 11 is 0. The zero-order chi connectivity index (χ0) is 14.0. The van der Waals surface area contributed by atoms with Crippen LogP contribution in [0.15, 0.2) is 11.3 Å². The van der Waals surface area contributed by atoms with E-state index < -0.39 is 8.07 Å². The fourth-order valence-electron chi connectivity index (χ4n) is 2.31. The molecule has 0 aliphatic carbocycles. The number of rotatable bonds is 10. The average molecular weight is 273 g/mol. The van der Waals surface area contributed by atoms with Crippen molar-refractivity contribution < 1.29 is 10.2 Å². The van der Waals surface area contributed by atoms with E-state index >= 15 is 0 Å². The van der Waals surface area contributed by atoms with Gasteiger partial charge in [-0.15, -0.1) is 0 Å². The summed E-state index contributed by atoms with van der Waals surface area (Å²) in [6, 6.07) is 0. The lowest BCUT2D eigenvalue weighted by Crippen LogP contribution is -2.32. The molecular formula is C15H32O2Si. The van der Waals surface area contributed by atoms with Gasteiger partial charge in [-0.1, -0.05) is 76.4 Å². The fourth-order valence-corrected chi connectivity index (χ4v) is 4.16. The molecule has 3 heteroatoms. The molecule has 0 aliphatic rings. The van der Waals surface area contributed by atoms with Crippen molar-refractivity contribution in [2.45, 2.75) is 77.6 Å². The Morgan fingerprint density at radius 1 is 1.06 bits per heavy atom. The predicted octanol–water partition coefficient (Wildman–Crippen LogP) is 3.89. The summed E-state index contributed by atoms with van der Waals surface area (Å²) in [6.07, 6.45) is 9.86. The van der Waals surface area contributed by atoms with Crippen LogP contribution >= 0.6 is 0 Å². The predicted molar refractivity (Wildman–Crippen MR) is 82.5 cm³/mol. The van der Waals surface area contributed by atoms with E-state index in [0.717, 1.165) is 18.0 Å². The third-order valence-electron chi connectivity index (χ3n) is 3.37. The van der Waals surface area contributed by atoms with E-state index in [0.29, 0.717) is 0 Å². The van der Waals surface area contributed by atoms with Crippen molar-refractivity contribution in [3.8, 4) is 0 Å². The van der Waals surface area contributed by atoms with Crippen LogP contribution in [0.2, 0.25) is 19.6 Å². The molecule has 18 heavy (non-hydrogen) atoms. The fraction of sp³-hybridized carbons (Fsp3) is 0.867. The summed E-state index contributed by atoms with van der Waals surface area (Å²) < 4.78 is 0. The van der Waals surface area contributed by atoms with Crippen LogP contribution in [0.1, 0.15) is 51.9 Å². The van der Waals surface area contributed by atoms with Gasteiger partial charge in [0.2, 0.25) is 0 Å². The highest BCUT2D eigenvalue weighted by Gasteiger charge is 2.24. The molecule has 0 saturated heterocycles. The zero-order valence-corrected chi connectivity index (χ0v) is 13.7. The van der Waals surface area contributed by atoms with Crippen LogP contribution in [0.5, 0.6) is 0 Å². The number of hydrogen-bond acceptors (Lipinski definition) is 2. The van der Waals surface area contributed by atoms with Gasteiger partial charge in [0.05, 0.1) is 20.8 Å². The number of aliphatic hydroxyl groups excluding tert-OH is 2. The highest BCUT2D eigenvalue weighted by Crippen LogP contribution is 2.22. The normalized spacial score (nSPS) is 14.9. The van der Waals surface area contributed by atoms with Crippen molar-refractivity contribution in [2.24, 2.45) is 0 Å². The number of unbranched alkanes of at least 4 members (excludes halogenated alkanes) is 5. The molecule has 0 aromatic carbocycles. The maximum atomic E-state index is 10.2. The van der Waals surface area contributed by atoms with Gasteiger partial charge in [0, 0.05) is 0 Å². The minimum absolute atomic E-state index is 0.0488. The Morgan fingerprint density at radius 3 is 2.11 bits per heavy atom. The first-order chi connectivity index (χ1) is 8.43. The second-order valence-corrected chi connectivity index (χ2v) is 11.2. The lowest BCUT2D eigenvalue weighted by Gasteiger charge is -2.26. The maximum absolute atomic E-state index is 10.2. The SMILES string of the molecule is CCCCCCCCC(O)/C(=C\CO)[Si](C)(C)C. The Labute approximate surface area is 114 Å². The molecule has 0 radical (unpaired) electrons. The summed E-state index contributed by atoms with van der Waals surface area (Å²) in [5.41, 5.74) is 0. The van der Waals surface area contributed by atoms with Crippen LogP contribution in [0.4, 0.5) is 0 Å². The Balaban J connectivity index is 3.98. The third kappa shape index (κ3) is 8.06. The average Bonchev–Trinajstić information content (AvgIpc) is 2.28. The molecular weight excluding hydrogens is 240 g/mol. The smallest absolute Gasteiger partial charge is 0.0754 e. The molecule has 0 bridgehead atoms. The molecule has 0 amide bonds. The summed E-state index contributed by atoms with van der Waals surface area (Å²) in [5.74, 6) is 0. The molecule has 2 nitrogen and oxygen atoms in total. The van der Waals surface area contributed by atoms with Crippen LogP contribution in [-0.4, -0.2) is 31.0 Å². The first-order valence-electron chi connectivity index (χ1n) is 7.43. The van der Waals surface area contributed by atoms with Gasteiger partial charge in [0.1, 0.15) is 0 Å². The minimum atomic E-state index is -1.50. The Kier molecular flexibility index (Phi) is 9.69. The van der Waals surface area contributed by atoms with Gasteiger partial charge in [0.15, 0.2) is 0 Å². The van der Waals surface area contributed by atoms with Crippen LogP contribution in [0.3, 0.4) is 0 Å². The number of hydrogen-bond donors (Lipinski definition) is 2. The van der Waals surface area contributed by atoms with Crippen LogP contribution in [-0.2, 0) is 0 Å². The molecule has 0 spiro atoms. The van der Waals surface area contributed by atoms with Gasteiger partial charge in [-0.25, -0.2) is 0 Å². The highest BCUT2D eigenvalue weighted by atomic mass is 28.3. The molecule has 1 atom stereocenters. The summed E-state index contributed by atoms with van der Waals surface area (Å²) in [5, 5.41) is 20.4. The monoisotopic (exact) mass is 272 g/mol. The van der Waals surface area contributed by atoms with E-state index in [-0.39, 0.29) is 12.7 Å². The molecule has 0 fully saturated rings. The summed E-state index contributed by atoms with van der Waals surface area (Å²) in [4.78, 5) is 0. The van der Waals surface area contributed by atoms with Gasteiger partial charge < -0.3 is 10.2 Å². The minimum Gasteiger partial charge on any atom is -0.392 e. The van der Waals surface area contributed by atoms with Crippen LogP contribution < -0.4 is 0 Å². The third-order valence-corrected chi connectivity index (χ3v) is 5.64. The summed E-state index contributed by atoms with van der Waals surface area (Å²) in [7, 11) is -1.50. The van der Waals surface area contributed by atoms with Crippen molar-refractivity contribution in [1.29, 1.82) is 0 Å². The van der Waals surface area contributed by atoms with Gasteiger partial charge in [-0.3, -0.25) is 0 Å². The molecule has 108 valence electrons. The molecule has 1 unspecified atom stereocenters. The molecule has 0 rings (SSSR count). The second-order valence-electron chi connectivity index (χ2n) is 6.16. The standard InChI is InChI=1S/C15H32O2Si/c1-5-6-7-8-9-10-11-14(17)15(12-13-16)18(2,3)4/h12,14,16-17H,5-11,13H2,1-4H3/b15-12+. The first kappa shape index (κ1) is 17.9. The largest absolute Gasteiger partial charge is 0.392 e. The van der Waals surface area contributed by atoms with Crippen molar-refractivity contribution in [3.63, 3.8) is 0 Å². The Morgan fingerprint density at radius 2 is 1.61 bits per heavy atom. The second kappa shape index (κ2) is 9.76. The van der Waals surface area contributed by atoms with Crippen molar-refractivity contribution in [2.75, 3.05) is 6.61 Å². The van der Waals surface area contributed by atoms with Gasteiger partial charge >= 0.3 is 0 Å². The maximum Gasteiger partial charge on any atom is 0.0754 e. The van der Waals surface area contributed by atoms with E-state index in [1.807, 2.05) is 6.08 Å². The molecule has 0 aromatic heterocycles. The molecule has 2 N–H and O–H groups in total. The van der Waals surface area contributed by atoms with E-state index in [1.54, 1.807) is 0 Å². The molecule has 0 aliphatic heterocycles. The highest BCUT2D eigenvalue weighted by molar-refractivity contribution is 6.83. The van der Waals surface area contributed by atoms with Crippen molar-refractivity contribution >= 4 is 8.07 Å². The molecule has 0 saturated carbocycles. The van der Waals surface area contributed by atoms with Crippen LogP contribution in [0.25, 0.3) is 0 Å². The van der Waals surface area contributed by atoms with Crippen LogP contribution in [0, 0.1) is 0 Å². The van der Waals surface area contributed by atoms with E-state index in [2.05, 4.69) is 26.6 Å². The Hall–Kier alpha value is -0.123. The van der Waals surface area contributed by atoms with E-state index in [9.17, 15) is 5.11 Å². The van der Waals surface area contributed by atoms with Gasteiger partial charge in [-0.05, 0) is 6.42 Å². The molecule has 0 aromatic rings. The lowest BCUT2D eigenvalue weighted by atomic mass is 10.1.